The third-order valence-corrected chi connectivity index (χ3v) is 5.09. The first-order valence-corrected chi connectivity index (χ1v) is 9.45. The Labute approximate surface area is 163 Å². The second-order valence-electron chi connectivity index (χ2n) is 5.48. The number of hydrogen-bond acceptors (Lipinski definition) is 4. The van der Waals surface area contributed by atoms with E-state index in [0.29, 0.717) is 11.5 Å². The van der Waals surface area contributed by atoms with Crippen LogP contribution in [0.15, 0.2) is 57.5 Å². The van der Waals surface area contributed by atoms with Gasteiger partial charge in [0.25, 0.3) is 0 Å². The van der Waals surface area contributed by atoms with Crippen molar-refractivity contribution in [2.24, 2.45) is 5.41 Å². The van der Waals surface area contributed by atoms with Gasteiger partial charge in [0.15, 0.2) is 5.41 Å². The third kappa shape index (κ3) is 4.70. The van der Waals surface area contributed by atoms with E-state index in [2.05, 4.69) is 31.9 Å². The van der Waals surface area contributed by atoms with Gasteiger partial charge in [-0.15, -0.1) is 0 Å². The van der Waals surface area contributed by atoms with Gasteiger partial charge < -0.3 is 9.47 Å². The van der Waals surface area contributed by atoms with Gasteiger partial charge in [-0.3, -0.25) is 9.59 Å². The van der Waals surface area contributed by atoms with Crippen LogP contribution in [0.4, 0.5) is 0 Å². The van der Waals surface area contributed by atoms with E-state index in [-0.39, 0.29) is 12.8 Å². The molecular weight excluding hydrogens is 452 g/mol. The zero-order valence-corrected chi connectivity index (χ0v) is 17.1. The lowest BCUT2D eigenvalue weighted by molar-refractivity contribution is -0.161. The highest BCUT2D eigenvalue weighted by Gasteiger charge is 2.46. The molecule has 25 heavy (non-hydrogen) atoms. The second-order valence-corrected chi connectivity index (χ2v) is 7.31. The van der Waals surface area contributed by atoms with Crippen molar-refractivity contribution < 1.29 is 19.1 Å². The van der Waals surface area contributed by atoms with Crippen molar-refractivity contribution in [2.75, 3.05) is 0 Å². The molecule has 0 heterocycles. The van der Waals surface area contributed by atoms with Crippen molar-refractivity contribution in [3.63, 3.8) is 0 Å². The first-order chi connectivity index (χ1) is 11.9. The zero-order chi connectivity index (χ0) is 18.4. The predicted molar refractivity (Wildman–Crippen MR) is 103 cm³/mol. The molecule has 0 fully saturated rings. The molecule has 4 nitrogen and oxygen atoms in total. The highest BCUT2D eigenvalue weighted by Crippen LogP contribution is 2.32. The molecule has 0 aliphatic heterocycles. The number of carbonyl (C=O) groups excluding carboxylic acids is 2. The molecule has 0 N–H and O–H groups in total. The van der Waals surface area contributed by atoms with Crippen LogP contribution in [0, 0.1) is 5.41 Å². The van der Waals surface area contributed by atoms with Crippen molar-refractivity contribution in [1.82, 2.24) is 0 Å². The first-order valence-electron chi connectivity index (χ1n) is 7.87. The van der Waals surface area contributed by atoms with Gasteiger partial charge in [0.2, 0.25) is 0 Å². The first kappa shape index (κ1) is 19.7. The van der Waals surface area contributed by atoms with Gasteiger partial charge in [0, 0.05) is 8.95 Å². The van der Waals surface area contributed by atoms with E-state index in [1.54, 1.807) is 62.4 Å². The van der Waals surface area contributed by atoms with Crippen LogP contribution in [0.25, 0.3) is 0 Å². The molecule has 2 aromatic carbocycles. The SMILES string of the molecule is CCC(CC)(C(=O)Oc1ccc(Br)cc1)C(=O)Oc1ccc(Br)cc1. The third-order valence-electron chi connectivity index (χ3n) is 4.04. The quantitative estimate of drug-likeness (QED) is 0.317. The minimum Gasteiger partial charge on any atom is -0.426 e. The predicted octanol–water partition coefficient (Wildman–Crippen LogP) is 5.53. The number of rotatable bonds is 6. The van der Waals surface area contributed by atoms with Gasteiger partial charge in [-0.2, -0.15) is 0 Å². The summed E-state index contributed by atoms with van der Waals surface area (Å²) < 4.78 is 12.6. The van der Waals surface area contributed by atoms with E-state index < -0.39 is 17.4 Å². The maximum Gasteiger partial charge on any atom is 0.328 e. The molecule has 0 saturated heterocycles. The Morgan fingerprint density at radius 2 is 1.08 bits per heavy atom. The van der Waals surface area contributed by atoms with Gasteiger partial charge in [0.05, 0.1) is 0 Å². The normalized spacial score (nSPS) is 11.0. The Morgan fingerprint density at radius 1 is 0.760 bits per heavy atom. The average Bonchev–Trinajstić information content (AvgIpc) is 2.60. The molecule has 6 heteroatoms. The van der Waals surface area contributed by atoms with Gasteiger partial charge in [-0.05, 0) is 61.4 Å². The fraction of sp³-hybridized carbons (Fsp3) is 0.263. The lowest BCUT2D eigenvalue weighted by Crippen LogP contribution is -2.43. The summed E-state index contributed by atoms with van der Waals surface area (Å²) in [6.45, 7) is 3.55. The summed E-state index contributed by atoms with van der Waals surface area (Å²) in [6, 6.07) is 13.7. The Morgan fingerprint density at radius 3 is 1.36 bits per heavy atom. The number of hydrogen-bond donors (Lipinski definition) is 0. The van der Waals surface area contributed by atoms with E-state index >= 15 is 0 Å². The summed E-state index contributed by atoms with van der Waals surface area (Å²) in [7, 11) is 0. The molecule has 0 aliphatic rings. The van der Waals surface area contributed by atoms with Gasteiger partial charge >= 0.3 is 11.9 Å². The molecular formula is C19H18Br2O4. The minimum atomic E-state index is -1.35. The van der Waals surface area contributed by atoms with Crippen LogP contribution in [0.3, 0.4) is 0 Å². The number of esters is 2. The van der Waals surface area contributed by atoms with Crippen LogP contribution in [0.2, 0.25) is 0 Å². The monoisotopic (exact) mass is 468 g/mol. The lowest BCUT2D eigenvalue weighted by atomic mass is 9.82. The summed E-state index contributed by atoms with van der Waals surface area (Å²) in [5.74, 6) is -0.448. The van der Waals surface area contributed by atoms with Gasteiger partial charge in [-0.1, -0.05) is 45.7 Å². The standard InChI is InChI=1S/C19H18Br2O4/c1-3-19(4-2,17(22)24-15-9-5-13(20)6-10-15)18(23)25-16-11-7-14(21)8-12-16/h5-12H,3-4H2,1-2H3. The molecule has 0 aliphatic carbocycles. The molecule has 0 unspecified atom stereocenters. The van der Waals surface area contributed by atoms with Gasteiger partial charge in [0.1, 0.15) is 11.5 Å². The Hall–Kier alpha value is -1.66. The summed E-state index contributed by atoms with van der Waals surface area (Å²) >= 11 is 6.65. The molecule has 0 saturated carbocycles. The summed E-state index contributed by atoms with van der Waals surface area (Å²) in [5, 5.41) is 0. The number of ether oxygens (including phenoxy) is 2. The zero-order valence-electron chi connectivity index (χ0n) is 13.9. The Bertz CT molecular complexity index is 674. The summed E-state index contributed by atoms with van der Waals surface area (Å²) in [4.78, 5) is 25.5. The molecule has 0 bridgehead atoms. The molecule has 0 amide bonds. The largest absolute Gasteiger partial charge is 0.426 e. The van der Waals surface area contributed by atoms with Crippen LogP contribution in [-0.2, 0) is 9.59 Å². The number of carbonyl (C=O) groups is 2. The van der Waals surface area contributed by atoms with E-state index in [4.69, 9.17) is 9.47 Å². The maximum absolute atomic E-state index is 12.7. The number of benzene rings is 2. The molecule has 132 valence electrons. The molecule has 0 radical (unpaired) electrons. The number of halogens is 2. The van der Waals surface area contributed by atoms with Crippen LogP contribution in [0.5, 0.6) is 11.5 Å². The van der Waals surface area contributed by atoms with Crippen molar-refractivity contribution in [3.8, 4) is 11.5 Å². The maximum atomic E-state index is 12.7. The smallest absolute Gasteiger partial charge is 0.328 e. The Kier molecular flexibility index (Phi) is 6.79. The van der Waals surface area contributed by atoms with Crippen LogP contribution >= 0.6 is 31.9 Å². The van der Waals surface area contributed by atoms with E-state index in [1.165, 1.54) is 0 Å². The second kappa shape index (κ2) is 8.63. The topological polar surface area (TPSA) is 52.6 Å². The van der Waals surface area contributed by atoms with Crippen LogP contribution < -0.4 is 9.47 Å². The van der Waals surface area contributed by atoms with Crippen LogP contribution in [0.1, 0.15) is 26.7 Å². The van der Waals surface area contributed by atoms with Gasteiger partial charge in [-0.25, -0.2) is 0 Å². The molecule has 0 aromatic heterocycles. The van der Waals surface area contributed by atoms with E-state index in [0.717, 1.165) is 8.95 Å². The molecule has 0 spiro atoms. The molecule has 2 rings (SSSR count). The highest BCUT2D eigenvalue weighted by atomic mass is 79.9. The summed E-state index contributed by atoms with van der Waals surface area (Å²) in [5.41, 5.74) is -1.35. The van der Waals surface area contributed by atoms with Crippen molar-refractivity contribution in [3.05, 3.63) is 57.5 Å². The highest BCUT2D eigenvalue weighted by molar-refractivity contribution is 9.10. The fourth-order valence-corrected chi connectivity index (χ4v) is 2.85. The van der Waals surface area contributed by atoms with Crippen molar-refractivity contribution >= 4 is 43.8 Å². The van der Waals surface area contributed by atoms with E-state index in [1.807, 2.05) is 0 Å². The molecule has 2 aromatic rings. The Balaban J connectivity index is 2.20. The average molecular weight is 470 g/mol. The van der Waals surface area contributed by atoms with E-state index in [9.17, 15) is 9.59 Å². The lowest BCUT2D eigenvalue weighted by Gasteiger charge is -2.26. The van der Waals surface area contributed by atoms with Crippen molar-refractivity contribution in [1.29, 1.82) is 0 Å². The van der Waals surface area contributed by atoms with Crippen molar-refractivity contribution in [2.45, 2.75) is 26.7 Å². The molecule has 0 atom stereocenters. The van der Waals surface area contributed by atoms with Crippen LogP contribution in [-0.4, -0.2) is 11.9 Å². The fourth-order valence-electron chi connectivity index (χ4n) is 2.33. The summed E-state index contributed by atoms with van der Waals surface area (Å²) in [6.07, 6.45) is 0.572. The minimum absolute atomic E-state index is 0.286.